The summed E-state index contributed by atoms with van der Waals surface area (Å²) < 4.78 is 27.5. The van der Waals surface area contributed by atoms with Crippen LogP contribution in [0.3, 0.4) is 0 Å². The fraction of sp³-hybridized carbons (Fsp3) is 0.500. The lowest BCUT2D eigenvalue weighted by Crippen LogP contribution is -2.30. The van der Waals surface area contributed by atoms with Crippen LogP contribution in [0.15, 0.2) is 18.2 Å². The van der Waals surface area contributed by atoms with Crippen LogP contribution in [0.5, 0.6) is 0 Å². The van der Waals surface area contributed by atoms with Gasteiger partial charge in [-0.3, -0.25) is 4.72 Å². The summed E-state index contributed by atoms with van der Waals surface area (Å²) in [6.07, 6.45) is 2.04. The van der Waals surface area contributed by atoms with E-state index in [1.54, 1.807) is 6.07 Å². The summed E-state index contributed by atoms with van der Waals surface area (Å²) in [4.78, 5) is 0. The van der Waals surface area contributed by atoms with Gasteiger partial charge in [-0.2, -0.15) is 12.7 Å². The van der Waals surface area contributed by atoms with Crippen molar-refractivity contribution in [2.24, 2.45) is 0 Å². The van der Waals surface area contributed by atoms with Crippen molar-refractivity contribution in [3.8, 4) is 0 Å². The predicted octanol–water partition coefficient (Wildman–Crippen LogP) is 1.65. The Morgan fingerprint density at radius 3 is 2.78 bits per heavy atom. The molecule has 18 heavy (non-hydrogen) atoms. The third kappa shape index (κ3) is 2.59. The summed E-state index contributed by atoms with van der Waals surface area (Å²) in [7, 11) is -0.443. The fourth-order valence-corrected chi connectivity index (χ4v) is 2.62. The van der Waals surface area contributed by atoms with Gasteiger partial charge in [0, 0.05) is 20.1 Å². The quantitative estimate of drug-likeness (QED) is 0.877. The zero-order chi connectivity index (χ0) is 13.3. The van der Waals surface area contributed by atoms with Crippen molar-refractivity contribution in [2.75, 3.05) is 24.1 Å². The lowest BCUT2D eigenvalue weighted by molar-refractivity contribution is 0.527. The molecular weight excluding hydrogens is 250 g/mol. The first-order valence-electron chi connectivity index (χ1n) is 5.99. The van der Waals surface area contributed by atoms with Gasteiger partial charge >= 0.3 is 10.2 Å². The van der Waals surface area contributed by atoms with Crippen LogP contribution in [-0.2, 0) is 16.6 Å². The first kappa shape index (κ1) is 13.2. The molecule has 5 nitrogen and oxygen atoms in total. The Kier molecular flexibility index (Phi) is 3.49. The summed E-state index contributed by atoms with van der Waals surface area (Å²) in [5.74, 6) is 0. The van der Waals surface area contributed by atoms with Gasteiger partial charge in [-0.25, -0.2) is 0 Å². The van der Waals surface area contributed by atoms with Gasteiger partial charge in [0.2, 0.25) is 0 Å². The highest BCUT2D eigenvalue weighted by Gasteiger charge is 2.20. The Bertz CT molecular complexity index is 540. The first-order chi connectivity index (χ1) is 8.40. The summed E-state index contributed by atoms with van der Waals surface area (Å²) >= 11 is 0. The van der Waals surface area contributed by atoms with E-state index in [4.69, 9.17) is 0 Å². The van der Waals surface area contributed by atoms with Crippen LogP contribution in [-0.4, -0.2) is 32.9 Å². The zero-order valence-corrected chi connectivity index (χ0v) is 11.7. The lowest BCUT2D eigenvalue weighted by atomic mass is 9.98. The summed E-state index contributed by atoms with van der Waals surface area (Å²) in [6, 6.07) is 6.05. The van der Waals surface area contributed by atoms with Gasteiger partial charge in [0.25, 0.3) is 0 Å². The van der Waals surface area contributed by atoms with Gasteiger partial charge in [-0.1, -0.05) is 12.1 Å². The van der Waals surface area contributed by atoms with E-state index in [1.807, 2.05) is 12.1 Å². The van der Waals surface area contributed by atoms with Crippen molar-refractivity contribution in [1.82, 2.24) is 4.31 Å². The standard InChI is InChI=1S/C12H19N3O2S/c1-9-7-8-10-5-4-6-11(12(10)13-9)14-18(16,17)15(2)3/h4-6,9,13-14H,7-8H2,1-3H3. The smallest absolute Gasteiger partial charge is 0.301 e. The Morgan fingerprint density at radius 1 is 1.39 bits per heavy atom. The van der Waals surface area contributed by atoms with Crippen molar-refractivity contribution in [3.05, 3.63) is 23.8 Å². The molecule has 6 heteroatoms. The molecule has 1 unspecified atom stereocenters. The number of para-hydroxylation sites is 1. The van der Waals surface area contributed by atoms with E-state index in [-0.39, 0.29) is 0 Å². The highest BCUT2D eigenvalue weighted by Crippen LogP contribution is 2.32. The minimum Gasteiger partial charge on any atom is -0.381 e. The van der Waals surface area contributed by atoms with Crippen LogP contribution >= 0.6 is 0 Å². The van der Waals surface area contributed by atoms with E-state index in [9.17, 15) is 8.42 Å². The second-order valence-corrected chi connectivity index (χ2v) is 6.70. The molecule has 2 N–H and O–H groups in total. The molecule has 1 aromatic rings. The van der Waals surface area contributed by atoms with Gasteiger partial charge in [-0.15, -0.1) is 0 Å². The minimum absolute atomic E-state index is 0.363. The third-order valence-corrected chi connectivity index (χ3v) is 4.55. The molecule has 0 saturated heterocycles. The van der Waals surface area contributed by atoms with Gasteiger partial charge in [0.05, 0.1) is 11.4 Å². The monoisotopic (exact) mass is 269 g/mol. The van der Waals surface area contributed by atoms with Crippen molar-refractivity contribution in [2.45, 2.75) is 25.8 Å². The molecule has 2 rings (SSSR count). The molecular formula is C12H19N3O2S. The van der Waals surface area contributed by atoms with Crippen molar-refractivity contribution < 1.29 is 8.42 Å². The predicted molar refractivity (Wildman–Crippen MR) is 74.1 cm³/mol. The van der Waals surface area contributed by atoms with Gasteiger partial charge in [-0.05, 0) is 31.4 Å². The van der Waals surface area contributed by atoms with Crippen molar-refractivity contribution in [1.29, 1.82) is 0 Å². The van der Waals surface area contributed by atoms with Crippen molar-refractivity contribution in [3.63, 3.8) is 0 Å². The topological polar surface area (TPSA) is 61.4 Å². The van der Waals surface area contributed by atoms with Crippen LogP contribution in [0.2, 0.25) is 0 Å². The van der Waals surface area contributed by atoms with E-state index in [1.165, 1.54) is 18.4 Å². The number of hydrogen-bond donors (Lipinski definition) is 2. The molecule has 0 aliphatic carbocycles. The molecule has 1 aromatic carbocycles. The highest BCUT2D eigenvalue weighted by atomic mass is 32.2. The first-order valence-corrected chi connectivity index (χ1v) is 7.43. The fourth-order valence-electron chi connectivity index (χ4n) is 1.98. The van der Waals surface area contributed by atoms with Gasteiger partial charge < -0.3 is 5.32 Å². The normalized spacial score (nSPS) is 19.2. The summed E-state index contributed by atoms with van der Waals surface area (Å²) in [5, 5.41) is 3.34. The molecule has 100 valence electrons. The number of nitrogens with one attached hydrogen (secondary N) is 2. The van der Waals surface area contributed by atoms with Crippen LogP contribution < -0.4 is 10.0 Å². The molecule has 1 aliphatic rings. The zero-order valence-electron chi connectivity index (χ0n) is 10.9. The molecule has 1 atom stereocenters. The molecule has 1 aliphatic heterocycles. The summed E-state index contributed by atoms with van der Waals surface area (Å²) in [6.45, 7) is 2.10. The van der Waals surface area contributed by atoms with E-state index in [2.05, 4.69) is 17.0 Å². The SMILES string of the molecule is CC1CCc2cccc(NS(=O)(=O)N(C)C)c2N1. The third-order valence-electron chi connectivity index (χ3n) is 3.11. The summed E-state index contributed by atoms with van der Waals surface area (Å²) in [5.41, 5.74) is 2.68. The number of benzene rings is 1. The van der Waals surface area contributed by atoms with E-state index in [0.29, 0.717) is 11.7 Å². The van der Waals surface area contributed by atoms with E-state index >= 15 is 0 Å². The molecule has 0 spiro atoms. The largest absolute Gasteiger partial charge is 0.381 e. The Labute approximate surface area is 108 Å². The van der Waals surface area contributed by atoms with Gasteiger partial charge in [0.1, 0.15) is 0 Å². The second kappa shape index (κ2) is 4.78. The molecule has 0 fully saturated rings. The highest BCUT2D eigenvalue weighted by molar-refractivity contribution is 7.90. The Hall–Kier alpha value is -1.27. The van der Waals surface area contributed by atoms with Crippen LogP contribution in [0.25, 0.3) is 0 Å². The number of nitrogens with zero attached hydrogens (tertiary/aromatic N) is 1. The van der Waals surface area contributed by atoms with Gasteiger partial charge in [0.15, 0.2) is 0 Å². The maximum atomic E-state index is 11.9. The average molecular weight is 269 g/mol. The van der Waals surface area contributed by atoms with Crippen molar-refractivity contribution >= 4 is 21.6 Å². The number of hydrogen-bond acceptors (Lipinski definition) is 3. The molecule has 1 heterocycles. The average Bonchev–Trinajstić information content (AvgIpc) is 2.29. The van der Waals surface area contributed by atoms with Crippen LogP contribution in [0.4, 0.5) is 11.4 Å². The maximum absolute atomic E-state index is 11.9. The van der Waals surface area contributed by atoms with E-state index in [0.717, 1.165) is 24.1 Å². The Balaban J connectivity index is 2.35. The maximum Gasteiger partial charge on any atom is 0.301 e. The number of aryl methyl sites for hydroxylation is 1. The minimum atomic E-state index is -3.46. The Morgan fingerprint density at radius 2 is 2.11 bits per heavy atom. The molecule has 0 bridgehead atoms. The molecule has 0 amide bonds. The molecule has 0 aromatic heterocycles. The van der Waals surface area contributed by atoms with Crippen LogP contribution in [0.1, 0.15) is 18.9 Å². The van der Waals surface area contributed by atoms with E-state index < -0.39 is 10.2 Å². The van der Waals surface area contributed by atoms with Crippen LogP contribution in [0, 0.1) is 0 Å². The number of rotatable bonds is 3. The number of anilines is 2. The lowest BCUT2D eigenvalue weighted by Gasteiger charge is -2.27. The molecule has 0 saturated carbocycles. The second-order valence-electron chi connectivity index (χ2n) is 4.81. The molecule has 0 radical (unpaired) electrons. The number of fused-ring (bicyclic) bond motifs is 1.